The Labute approximate surface area is 136 Å². The molecule has 0 spiro atoms. The van der Waals surface area contributed by atoms with Crippen LogP contribution < -0.4 is 10.2 Å². The maximum absolute atomic E-state index is 10.2. The van der Waals surface area contributed by atoms with E-state index in [0.29, 0.717) is 17.0 Å². The first-order chi connectivity index (χ1) is 10.7. The molecule has 0 aliphatic heterocycles. The van der Waals surface area contributed by atoms with E-state index < -0.39 is 18.3 Å². The fraction of sp³-hybridized carbons (Fsp3) is 0.438. The van der Waals surface area contributed by atoms with Crippen LogP contribution in [0.2, 0.25) is 0 Å². The highest BCUT2D eigenvalue weighted by Gasteiger charge is 2.39. The second-order valence-corrected chi connectivity index (χ2v) is 6.36. The van der Waals surface area contributed by atoms with Gasteiger partial charge in [-0.25, -0.2) is 4.98 Å². The Morgan fingerprint density at radius 3 is 2.35 bits per heavy atom. The van der Waals surface area contributed by atoms with Crippen LogP contribution in [0.25, 0.3) is 0 Å². The van der Waals surface area contributed by atoms with Crippen molar-refractivity contribution in [2.75, 3.05) is 0 Å². The second kappa shape index (κ2) is 6.74. The molecule has 0 saturated carbocycles. The molecule has 0 saturated heterocycles. The van der Waals surface area contributed by atoms with Gasteiger partial charge in [0.1, 0.15) is 12.4 Å². The summed E-state index contributed by atoms with van der Waals surface area (Å²) < 4.78 is 16.2. The first kappa shape index (κ1) is 17.5. The quantitative estimate of drug-likeness (QED) is 0.753. The summed E-state index contributed by atoms with van der Waals surface area (Å²) in [5.41, 5.74) is -1.42. The summed E-state index contributed by atoms with van der Waals surface area (Å²) in [6.45, 7) is 7.01. The molecule has 0 amide bonds. The minimum Gasteiger partial charge on any atom is -0.486 e. The highest BCUT2D eigenvalue weighted by molar-refractivity contribution is 6.60. The van der Waals surface area contributed by atoms with Crippen LogP contribution in [0.3, 0.4) is 0 Å². The van der Waals surface area contributed by atoms with Crippen molar-refractivity contribution in [3.05, 3.63) is 42.6 Å². The van der Waals surface area contributed by atoms with Gasteiger partial charge in [0, 0.05) is 0 Å². The van der Waals surface area contributed by atoms with E-state index in [2.05, 4.69) is 4.98 Å². The molecule has 1 heterocycles. The number of hydrogen-bond donors (Lipinski definition) is 2. The Kier molecular flexibility index (Phi) is 5.14. The average molecular weight is 319 g/mol. The minimum atomic E-state index is -1.14. The summed E-state index contributed by atoms with van der Waals surface area (Å²) in [4.78, 5) is 3.81. The van der Waals surface area contributed by atoms with Gasteiger partial charge in [0.15, 0.2) is 12.2 Å². The van der Waals surface area contributed by atoms with Gasteiger partial charge in [-0.15, -0.1) is 0 Å². The van der Waals surface area contributed by atoms with Gasteiger partial charge in [-0.1, -0.05) is 12.1 Å². The van der Waals surface area contributed by atoms with Gasteiger partial charge in [0.05, 0.1) is 17.4 Å². The third-order valence-corrected chi connectivity index (χ3v) is 3.91. The number of oxazole rings is 1. The molecule has 2 rings (SSSR count). The summed E-state index contributed by atoms with van der Waals surface area (Å²) in [7, 11) is -1.14. The molecule has 2 N–H and O–H groups in total. The lowest BCUT2D eigenvalue weighted by Crippen LogP contribution is -2.53. The first-order valence-corrected chi connectivity index (χ1v) is 7.37. The number of aliphatic hydroxyl groups is 1. The standard InChI is InChI=1S/C16H22BNO5/c1-15(2,19)16(3,4)23-17(20)12-5-7-13(8-6-12)21-10-14-9-18-11-22-14/h5-9,11,19-20H,10H2,1-4H3. The molecule has 6 nitrogen and oxygen atoms in total. The molecule has 0 atom stereocenters. The molecular weight excluding hydrogens is 297 g/mol. The number of hydrogen-bond acceptors (Lipinski definition) is 6. The fourth-order valence-corrected chi connectivity index (χ4v) is 1.69. The fourth-order valence-electron chi connectivity index (χ4n) is 1.69. The molecule has 0 bridgehead atoms. The third-order valence-electron chi connectivity index (χ3n) is 3.91. The van der Waals surface area contributed by atoms with Crippen molar-refractivity contribution in [2.45, 2.75) is 45.5 Å². The Hall–Kier alpha value is -1.83. The normalized spacial score (nSPS) is 12.3. The molecule has 0 unspecified atom stereocenters. The van der Waals surface area contributed by atoms with Crippen molar-refractivity contribution < 1.29 is 23.9 Å². The van der Waals surface area contributed by atoms with E-state index in [9.17, 15) is 10.1 Å². The van der Waals surface area contributed by atoms with Crippen molar-refractivity contribution >= 4 is 12.6 Å². The predicted octanol–water partition coefficient (Wildman–Crippen LogP) is 1.51. The van der Waals surface area contributed by atoms with Gasteiger partial charge in [0.25, 0.3) is 0 Å². The minimum absolute atomic E-state index is 0.282. The zero-order chi connectivity index (χ0) is 17.1. The maximum atomic E-state index is 10.2. The van der Waals surface area contributed by atoms with Crippen LogP contribution in [0, 0.1) is 0 Å². The summed E-state index contributed by atoms with van der Waals surface area (Å²) >= 11 is 0. The van der Waals surface area contributed by atoms with Gasteiger partial charge in [-0.05, 0) is 45.3 Å². The lowest BCUT2D eigenvalue weighted by Gasteiger charge is -2.38. The smallest absolute Gasteiger partial charge is 0.486 e. The molecule has 2 aromatic rings. The van der Waals surface area contributed by atoms with E-state index in [1.807, 2.05) is 0 Å². The highest BCUT2D eigenvalue weighted by atomic mass is 16.5. The molecule has 7 heteroatoms. The molecule has 124 valence electrons. The van der Waals surface area contributed by atoms with Gasteiger partial charge in [-0.3, -0.25) is 0 Å². The van der Waals surface area contributed by atoms with Gasteiger partial charge >= 0.3 is 7.12 Å². The summed E-state index contributed by atoms with van der Waals surface area (Å²) in [6.07, 6.45) is 2.94. The zero-order valence-electron chi connectivity index (χ0n) is 13.8. The van der Waals surface area contributed by atoms with Crippen LogP contribution in [0.4, 0.5) is 0 Å². The Balaban J connectivity index is 1.96. The van der Waals surface area contributed by atoms with Crippen LogP contribution in [-0.2, 0) is 11.3 Å². The van der Waals surface area contributed by atoms with Crippen LogP contribution in [0.1, 0.15) is 33.5 Å². The zero-order valence-corrected chi connectivity index (χ0v) is 13.8. The van der Waals surface area contributed by atoms with Crippen molar-refractivity contribution in [3.63, 3.8) is 0 Å². The van der Waals surface area contributed by atoms with Crippen LogP contribution in [0.5, 0.6) is 5.75 Å². The summed E-state index contributed by atoms with van der Waals surface area (Å²) in [5.74, 6) is 1.27. The lowest BCUT2D eigenvalue weighted by molar-refractivity contribution is -0.0982. The topological polar surface area (TPSA) is 85.0 Å². The van der Waals surface area contributed by atoms with E-state index in [4.69, 9.17) is 13.8 Å². The second-order valence-electron chi connectivity index (χ2n) is 6.36. The van der Waals surface area contributed by atoms with E-state index in [1.165, 1.54) is 6.39 Å². The van der Waals surface area contributed by atoms with E-state index in [-0.39, 0.29) is 6.61 Å². The summed E-state index contributed by atoms with van der Waals surface area (Å²) in [5, 5.41) is 20.3. The lowest BCUT2D eigenvalue weighted by atomic mass is 9.76. The number of benzene rings is 1. The molecule has 0 fully saturated rings. The monoisotopic (exact) mass is 319 g/mol. The number of ether oxygens (including phenoxy) is 1. The largest absolute Gasteiger partial charge is 0.491 e. The number of aromatic nitrogens is 1. The van der Waals surface area contributed by atoms with Gasteiger partial charge in [0.2, 0.25) is 0 Å². The van der Waals surface area contributed by atoms with Gasteiger partial charge in [-0.2, -0.15) is 0 Å². The molecule has 1 aromatic heterocycles. The third kappa shape index (κ3) is 4.57. The molecule has 0 aliphatic rings. The Morgan fingerprint density at radius 1 is 1.17 bits per heavy atom. The Morgan fingerprint density at radius 2 is 1.83 bits per heavy atom. The Bertz CT molecular complexity index is 604. The molecular formula is C16H22BNO5. The SMILES string of the molecule is CC(C)(O)C(C)(C)OB(O)c1ccc(OCc2cnco2)cc1. The molecule has 23 heavy (non-hydrogen) atoms. The summed E-state index contributed by atoms with van der Waals surface area (Å²) in [6, 6.07) is 6.88. The molecule has 0 aliphatic carbocycles. The van der Waals surface area contributed by atoms with Crippen molar-refractivity contribution in [3.8, 4) is 5.75 Å². The maximum Gasteiger partial charge on any atom is 0.491 e. The average Bonchev–Trinajstić information content (AvgIpc) is 2.97. The van der Waals surface area contributed by atoms with Crippen LogP contribution >= 0.6 is 0 Å². The van der Waals surface area contributed by atoms with Crippen molar-refractivity contribution in [1.82, 2.24) is 4.98 Å². The molecule has 1 aromatic carbocycles. The number of nitrogens with zero attached hydrogens (tertiary/aromatic N) is 1. The van der Waals surface area contributed by atoms with Gasteiger partial charge < -0.3 is 23.9 Å². The van der Waals surface area contributed by atoms with Crippen LogP contribution in [-0.4, -0.2) is 33.4 Å². The van der Waals surface area contributed by atoms with E-state index in [1.54, 1.807) is 58.2 Å². The van der Waals surface area contributed by atoms with Crippen LogP contribution in [0.15, 0.2) is 41.3 Å². The van der Waals surface area contributed by atoms with E-state index in [0.717, 1.165) is 0 Å². The number of rotatable bonds is 7. The highest BCUT2D eigenvalue weighted by Crippen LogP contribution is 2.25. The van der Waals surface area contributed by atoms with Crippen molar-refractivity contribution in [1.29, 1.82) is 0 Å². The van der Waals surface area contributed by atoms with Crippen molar-refractivity contribution in [2.24, 2.45) is 0 Å². The first-order valence-electron chi connectivity index (χ1n) is 7.37. The van der Waals surface area contributed by atoms with E-state index >= 15 is 0 Å². The molecule has 0 radical (unpaired) electrons. The predicted molar refractivity (Wildman–Crippen MR) is 86.3 cm³/mol.